The zero-order chi connectivity index (χ0) is 15.7. The molecule has 2 aromatic rings. The number of nitrogens with zero attached hydrogens (tertiary/aromatic N) is 3. The topological polar surface area (TPSA) is 96.3 Å². The summed E-state index contributed by atoms with van der Waals surface area (Å²) >= 11 is 1.25. The highest BCUT2D eigenvalue weighted by Gasteiger charge is 2.24. The first-order chi connectivity index (χ1) is 10.5. The van der Waals surface area contributed by atoms with Crippen LogP contribution in [0.25, 0.3) is 0 Å². The maximum Gasteiger partial charge on any atom is 0.286 e. The number of benzene rings is 1. The molecule has 7 nitrogen and oxygen atoms in total. The number of hydrogen-bond acceptors (Lipinski definition) is 7. The Bertz CT molecular complexity index is 826. The maximum absolute atomic E-state index is 12.1. The number of para-hydroxylation sites is 1. The Morgan fingerprint density at radius 2 is 2.09 bits per heavy atom. The van der Waals surface area contributed by atoms with Crippen molar-refractivity contribution in [2.45, 2.75) is 24.7 Å². The Kier molecular flexibility index (Phi) is 3.83. The van der Waals surface area contributed by atoms with Gasteiger partial charge in [0.2, 0.25) is 5.13 Å². The highest BCUT2D eigenvalue weighted by Crippen LogP contribution is 2.26. The van der Waals surface area contributed by atoms with E-state index < -0.39 is 10.0 Å². The van der Waals surface area contributed by atoms with Gasteiger partial charge in [0.15, 0.2) is 0 Å². The molecular formula is C13H15N5O2S2. The minimum atomic E-state index is -3.65. The third-order valence-corrected chi connectivity index (χ3v) is 5.10. The normalized spacial score (nSPS) is 15.9. The lowest BCUT2D eigenvalue weighted by atomic mass is 10.2. The molecule has 0 unspecified atom stereocenters. The van der Waals surface area contributed by atoms with Crippen molar-refractivity contribution in [2.24, 2.45) is 4.40 Å². The van der Waals surface area contributed by atoms with Crippen LogP contribution in [0, 0.1) is 0 Å². The Balaban J connectivity index is 1.75. The zero-order valence-corrected chi connectivity index (χ0v) is 13.7. The first-order valence-electron chi connectivity index (χ1n) is 6.73. The summed E-state index contributed by atoms with van der Waals surface area (Å²) in [5.41, 5.74) is 0.537. The minimum Gasteiger partial charge on any atom is -0.353 e. The number of amidine groups is 1. The Morgan fingerprint density at radius 1 is 1.32 bits per heavy atom. The Hall–Kier alpha value is -2.00. The van der Waals surface area contributed by atoms with Gasteiger partial charge in [-0.3, -0.25) is 0 Å². The van der Waals surface area contributed by atoms with E-state index >= 15 is 0 Å². The average molecular weight is 337 g/mol. The molecular weight excluding hydrogens is 322 g/mol. The van der Waals surface area contributed by atoms with Crippen LogP contribution in [0.1, 0.15) is 25.6 Å². The van der Waals surface area contributed by atoms with Crippen LogP contribution in [-0.4, -0.2) is 30.2 Å². The summed E-state index contributed by atoms with van der Waals surface area (Å²) in [4.78, 5) is 4.53. The predicted molar refractivity (Wildman–Crippen MR) is 87.2 cm³/mol. The largest absolute Gasteiger partial charge is 0.353 e. The fourth-order valence-electron chi connectivity index (χ4n) is 1.94. The van der Waals surface area contributed by atoms with Crippen molar-refractivity contribution in [1.82, 2.24) is 9.36 Å². The van der Waals surface area contributed by atoms with Gasteiger partial charge < -0.3 is 10.6 Å². The molecule has 9 heteroatoms. The average Bonchev–Trinajstić information content (AvgIpc) is 2.94. The summed E-state index contributed by atoms with van der Waals surface area (Å²) in [6.45, 7) is 4.27. The number of aromatic nitrogens is 2. The summed E-state index contributed by atoms with van der Waals surface area (Å²) in [7, 11) is -3.65. The van der Waals surface area contributed by atoms with Crippen LogP contribution in [0.2, 0.25) is 0 Å². The predicted octanol–water partition coefficient (Wildman–Crippen LogP) is 2.29. The van der Waals surface area contributed by atoms with Gasteiger partial charge in [-0.2, -0.15) is 12.8 Å². The second-order valence-electron chi connectivity index (χ2n) is 5.10. The molecule has 0 aliphatic carbocycles. The molecule has 1 aromatic carbocycles. The number of anilines is 2. The molecule has 22 heavy (non-hydrogen) atoms. The van der Waals surface area contributed by atoms with Gasteiger partial charge >= 0.3 is 0 Å². The molecule has 3 rings (SSSR count). The first kappa shape index (κ1) is 14.9. The van der Waals surface area contributed by atoms with Crippen molar-refractivity contribution < 1.29 is 8.42 Å². The van der Waals surface area contributed by atoms with Crippen LogP contribution in [0.5, 0.6) is 0 Å². The Morgan fingerprint density at radius 3 is 2.82 bits per heavy atom. The quantitative estimate of drug-likeness (QED) is 0.888. The van der Waals surface area contributed by atoms with Crippen LogP contribution >= 0.6 is 11.5 Å². The van der Waals surface area contributed by atoms with Crippen molar-refractivity contribution in [3.8, 4) is 0 Å². The molecule has 1 aliphatic heterocycles. The van der Waals surface area contributed by atoms with Crippen molar-refractivity contribution in [3.63, 3.8) is 0 Å². The highest BCUT2D eigenvalue weighted by atomic mass is 32.2. The van der Waals surface area contributed by atoms with Gasteiger partial charge in [-0.05, 0) is 12.1 Å². The molecule has 0 atom stereocenters. The fourth-order valence-corrected chi connectivity index (χ4v) is 3.79. The molecule has 0 amide bonds. The smallest absolute Gasteiger partial charge is 0.286 e. The Labute approximate surface area is 132 Å². The van der Waals surface area contributed by atoms with Crippen molar-refractivity contribution in [3.05, 3.63) is 30.1 Å². The first-order valence-corrected chi connectivity index (χ1v) is 8.94. The SMILES string of the molecule is CC(C)c1nsc(NCC2=NS(=O)(=O)c3ccccc3N2)n1. The van der Waals surface area contributed by atoms with E-state index in [9.17, 15) is 8.42 Å². The summed E-state index contributed by atoms with van der Waals surface area (Å²) in [6, 6.07) is 6.69. The summed E-state index contributed by atoms with van der Waals surface area (Å²) in [6.07, 6.45) is 0. The van der Waals surface area contributed by atoms with Gasteiger partial charge in [0.1, 0.15) is 16.6 Å². The summed E-state index contributed by atoms with van der Waals surface area (Å²) < 4.78 is 32.2. The van der Waals surface area contributed by atoms with Gasteiger partial charge in [-0.25, -0.2) is 4.98 Å². The molecule has 0 bridgehead atoms. The fraction of sp³-hybridized carbons (Fsp3) is 0.308. The highest BCUT2D eigenvalue weighted by molar-refractivity contribution is 7.90. The maximum atomic E-state index is 12.1. The van der Waals surface area contributed by atoms with Crippen molar-refractivity contribution >= 4 is 38.2 Å². The summed E-state index contributed by atoms with van der Waals surface area (Å²) in [5, 5.41) is 6.71. The van der Waals surface area contributed by atoms with E-state index in [1.165, 1.54) is 17.6 Å². The van der Waals surface area contributed by atoms with E-state index in [1.54, 1.807) is 18.2 Å². The molecule has 0 fully saturated rings. The van der Waals surface area contributed by atoms with Crippen LogP contribution in [-0.2, 0) is 10.0 Å². The molecule has 0 spiro atoms. The molecule has 0 saturated heterocycles. The number of hydrogen-bond donors (Lipinski definition) is 2. The van der Waals surface area contributed by atoms with E-state index in [0.29, 0.717) is 16.7 Å². The number of nitrogens with one attached hydrogen (secondary N) is 2. The lowest BCUT2D eigenvalue weighted by Gasteiger charge is -2.17. The van der Waals surface area contributed by atoms with Gasteiger partial charge in [0, 0.05) is 17.5 Å². The molecule has 0 saturated carbocycles. The second-order valence-corrected chi connectivity index (χ2v) is 7.42. The van der Waals surface area contributed by atoms with E-state index in [1.807, 2.05) is 13.8 Å². The number of rotatable bonds is 4. The van der Waals surface area contributed by atoms with Gasteiger partial charge in [0.25, 0.3) is 10.0 Å². The zero-order valence-electron chi connectivity index (χ0n) is 12.1. The lowest BCUT2D eigenvalue weighted by Crippen LogP contribution is -2.27. The molecule has 1 aromatic heterocycles. The van der Waals surface area contributed by atoms with Gasteiger partial charge in [-0.15, -0.1) is 4.40 Å². The molecule has 2 N–H and O–H groups in total. The number of fused-ring (bicyclic) bond motifs is 1. The van der Waals surface area contributed by atoms with Crippen LogP contribution in [0.15, 0.2) is 33.6 Å². The van der Waals surface area contributed by atoms with E-state index in [2.05, 4.69) is 24.4 Å². The van der Waals surface area contributed by atoms with E-state index in [4.69, 9.17) is 0 Å². The van der Waals surface area contributed by atoms with E-state index in [0.717, 1.165) is 5.82 Å². The molecule has 0 radical (unpaired) electrons. The van der Waals surface area contributed by atoms with Crippen LogP contribution in [0.4, 0.5) is 10.8 Å². The van der Waals surface area contributed by atoms with Crippen molar-refractivity contribution in [2.75, 3.05) is 17.2 Å². The molecule has 2 heterocycles. The van der Waals surface area contributed by atoms with Crippen LogP contribution < -0.4 is 10.6 Å². The van der Waals surface area contributed by atoms with Gasteiger partial charge in [-0.1, -0.05) is 26.0 Å². The molecule has 1 aliphatic rings. The third-order valence-electron chi connectivity index (χ3n) is 3.04. The van der Waals surface area contributed by atoms with Crippen LogP contribution in [0.3, 0.4) is 0 Å². The summed E-state index contributed by atoms with van der Waals surface area (Å²) in [5.74, 6) is 1.35. The monoisotopic (exact) mass is 337 g/mol. The van der Waals surface area contributed by atoms with E-state index in [-0.39, 0.29) is 17.4 Å². The second kappa shape index (κ2) is 5.65. The standard InChI is InChI=1S/C13H15N5O2S2/c1-8(2)12-16-13(21-17-12)14-7-11-15-9-5-3-4-6-10(9)22(19,20)18-11/h3-6,8H,7H2,1-2H3,(H,15,18)(H,14,16,17). The minimum absolute atomic E-state index is 0.191. The number of sulfonamides is 1. The molecule has 116 valence electrons. The van der Waals surface area contributed by atoms with Crippen molar-refractivity contribution in [1.29, 1.82) is 0 Å². The lowest BCUT2D eigenvalue weighted by molar-refractivity contribution is 0.597. The van der Waals surface area contributed by atoms with Gasteiger partial charge in [0.05, 0.1) is 12.2 Å². The third kappa shape index (κ3) is 2.95.